The lowest BCUT2D eigenvalue weighted by atomic mass is 9.88. The van der Waals surface area contributed by atoms with Gasteiger partial charge in [0.15, 0.2) is 0 Å². The van der Waals surface area contributed by atoms with Crippen molar-refractivity contribution in [2.45, 2.75) is 39.2 Å². The van der Waals surface area contributed by atoms with E-state index in [-0.39, 0.29) is 0 Å². The summed E-state index contributed by atoms with van der Waals surface area (Å²) in [4.78, 5) is 0. The number of hydrogen-bond acceptors (Lipinski definition) is 2. The summed E-state index contributed by atoms with van der Waals surface area (Å²) in [6, 6.07) is 0.480. The fourth-order valence-electron chi connectivity index (χ4n) is 2.27. The molecule has 2 N–H and O–H groups in total. The molecule has 0 aromatic carbocycles. The molecule has 14 heavy (non-hydrogen) atoms. The number of aromatic nitrogens is 2. The number of rotatable bonds is 2. The maximum Gasteiger partial charge on any atom is 0.0524 e. The Kier molecular flexibility index (Phi) is 2.59. The second kappa shape index (κ2) is 3.73. The third-order valence-electron chi connectivity index (χ3n) is 3.11. The topological polar surface area (TPSA) is 43.8 Å². The molecule has 2 rings (SSSR count). The SMILES string of the molecule is CC(C)n1ncc2c1CCC(CN)C2. The lowest BCUT2D eigenvalue weighted by molar-refractivity contribution is 0.436. The summed E-state index contributed by atoms with van der Waals surface area (Å²) in [6.45, 7) is 5.18. The molecule has 1 aliphatic carbocycles. The van der Waals surface area contributed by atoms with Crippen LogP contribution in [0.15, 0.2) is 6.20 Å². The van der Waals surface area contributed by atoms with Crippen molar-refractivity contribution < 1.29 is 0 Å². The summed E-state index contributed by atoms with van der Waals surface area (Å²) in [5.74, 6) is 0.673. The van der Waals surface area contributed by atoms with Gasteiger partial charge in [0.2, 0.25) is 0 Å². The molecule has 0 amide bonds. The Labute approximate surface area is 85.3 Å². The minimum atomic E-state index is 0.480. The Hall–Kier alpha value is -0.830. The van der Waals surface area contributed by atoms with Crippen molar-refractivity contribution in [1.29, 1.82) is 0 Å². The first-order valence-corrected chi connectivity index (χ1v) is 5.47. The zero-order valence-electron chi connectivity index (χ0n) is 9.03. The van der Waals surface area contributed by atoms with Gasteiger partial charge in [0.1, 0.15) is 0 Å². The zero-order chi connectivity index (χ0) is 10.1. The molecule has 0 radical (unpaired) electrons. The van der Waals surface area contributed by atoms with Crippen molar-refractivity contribution in [3.63, 3.8) is 0 Å². The van der Waals surface area contributed by atoms with Crippen LogP contribution in [0.5, 0.6) is 0 Å². The smallest absolute Gasteiger partial charge is 0.0524 e. The number of nitrogens with zero attached hydrogens (tertiary/aromatic N) is 2. The molecule has 1 atom stereocenters. The summed E-state index contributed by atoms with van der Waals surface area (Å²) >= 11 is 0. The molecule has 1 unspecified atom stereocenters. The normalized spacial score (nSPS) is 21.3. The van der Waals surface area contributed by atoms with E-state index in [2.05, 4.69) is 23.6 Å². The van der Waals surface area contributed by atoms with E-state index < -0.39 is 0 Å². The first kappa shape index (κ1) is 9.71. The average Bonchev–Trinajstić information content (AvgIpc) is 2.59. The van der Waals surface area contributed by atoms with Crippen LogP contribution in [0, 0.1) is 5.92 Å². The van der Waals surface area contributed by atoms with Crippen LogP contribution in [0.2, 0.25) is 0 Å². The van der Waals surface area contributed by atoms with Crippen molar-refractivity contribution in [2.24, 2.45) is 11.7 Å². The highest BCUT2D eigenvalue weighted by molar-refractivity contribution is 5.22. The van der Waals surface area contributed by atoms with Crippen LogP contribution in [-0.4, -0.2) is 16.3 Å². The van der Waals surface area contributed by atoms with Crippen LogP contribution in [-0.2, 0) is 12.8 Å². The molecule has 1 aliphatic rings. The summed E-state index contributed by atoms with van der Waals surface area (Å²) < 4.78 is 2.15. The van der Waals surface area contributed by atoms with Gasteiger partial charge in [-0.3, -0.25) is 4.68 Å². The van der Waals surface area contributed by atoms with Crippen molar-refractivity contribution in [3.8, 4) is 0 Å². The molecule has 1 heterocycles. The van der Waals surface area contributed by atoms with Gasteiger partial charge in [0.05, 0.1) is 6.20 Å². The van der Waals surface area contributed by atoms with Crippen molar-refractivity contribution in [3.05, 3.63) is 17.5 Å². The molecule has 0 bridgehead atoms. The summed E-state index contributed by atoms with van der Waals surface area (Å²) in [5.41, 5.74) is 8.55. The van der Waals surface area contributed by atoms with E-state index in [1.807, 2.05) is 6.20 Å². The Morgan fingerprint density at radius 2 is 2.43 bits per heavy atom. The van der Waals surface area contributed by atoms with Gasteiger partial charge in [-0.1, -0.05) is 0 Å². The fraction of sp³-hybridized carbons (Fsp3) is 0.727. The molecule has 0 fully saturated rings. The average molecular weight is 193 g/mol. The molecule has 3 nitrogen and oxygen atoms in total. The first-order valence-electron chi connectivity index (χ1n) is 5.47. The van der Waals surface area contributed by atoms with E-state index in [0.29, 0.717) is 12.0 Å². The Morgan fingerprint density at radius 3 is 3.07 bits per heavy atom. The summed E-state index contributed by atoms with van der Waals surface area (Å²) in [6.07, 6.45) is 5.52. The van der Waals surface area contributed by atoms with Crippen molar-refractivity contribution in [2.75, 3.05) is 6.54 Å². The minimum absolute atomic E-state index is 0.480. The number of nitrogens with two attached hydrogens (primary N) is 1. The van der Waals surface area contributed by atoms with Crippen molar-refractivity contribution in [1.82, 2.24) is 9.78 Å². The van der Waals surface area contributed by atoms with E-state index in [0.717, 1.165) is 19.4 Å². The van der Waals surface area contributed by atoms with Crippen LogP contribution in [0.1, 0.15) is 37.6 Å². The van der Waals surface area contributed by atoms with Crippen LogP contribution in [0.3, 0.4) is 0 Å². The van der Waals surface area contributed by atoms with E-state index in [4.69, 9.17) is 5.73 Å². The predicted molar refractivity (Wildman–Crippen MR) is 57.2 cm³/mol. The van der Waals surface area contributed by atoms with E-state index >= 15 is 0 Å². The van der Waals surface area contributed by atoms with Gasteiger partial charge < -0.3 is 5.73 Å². The highest BCUT2D eigenvalue weighted by atomic mass is 15.3. The third kappa shape index (κ3) is 1.57. The molecule has 0 aliphatic heterocycles. The van der Waals surface area contributed by atoms with Crippen LogP contribution in [0.25, 0.3) is 0 Å². The van der Waals surface area contributed by atoms with E-state index in [1.54, 1.807) is 0 Å². The van der Waals surface area contributed by atoms with Crippen molar-refractivity contribution >= 4 is 0 Å². The predicted octanol–water partition coefficient (Wildman–Crippen LogP) is 1.53. The molecular formula is C11H19N3. The molecular weight excluding hydrogens is 174 g/mol. The monoisotopic (exact) mass is 193 g/mol. The second-order valence-corrected chi connectivity index (χ2v) is 4.50. The lowest BCUT2D eigenvalue weighted by Gasteiger charge is -2.22. The molecule has 1 aromatic rings. The highest BCUT2D eigenvalue weighted by Gasteiger charge is 2.21. The van der Waals surface area contributed by atoms with Gasteiger partial charge in [0, 0.05) is 11.7 Å². The molecule has 0 saturated carbocycles. The standard InChI is InChI=1S/C11H19N3/c1-8(2)14-11-4-3-9(6-12)5-10(11)7-13-14/h7-9H,3-6,12H2,1-2H3. The highest BCUT2D eigenvalue weighted by Crippen LogP contribution is 2.26. The molecule has 0 spiro atoms. The maximum absolute atomic E-state index is 5.70. The van der Waals surface area contributed by atoms with Gasteiger partial charge in [0.25, 0.3) is 0 Å². The summed E-state index contributed by atoms with van der Waals surface area (Å²) in [7, 11) is 0. The third-order valence-corrected chi connectivity index (χ3v) is 3.11. The molecule has 78 valence electrons. The Bertz CT molecular complexity index is 314. The van der Waals surface area contributed by atoms with E-state index in [1.165, 1.54) is 17.7 Å². The largest absolute Gasteiger partial charge is 0.330 e. The second-order valence-electron chi connectivity index (χ2n) is 4.50. The molecule has 3 heteroatoms. The number of fused-ring (bicyclic) bond motifs is 1. The summed E-state index contributed by atoms with van der Waals surface area (Å²) in [5, 5.41) is 4.44. The van der Waals surface area contributed by atoms with Gasteiger partial charge in [-0.15, -0.1) is 0 Å². The van der Waals surface area contributed by atoms with Crippen LogP contribution >= 0.6 is 0 Å². The van der Waals surface area contributed by atoms with E-state index in [9.17, 15) is 0 Å². The fourth-order valence-corrected chi connectivity index (χ4v) is 2.27. The number of hydrogen-bond donors (Lipinski definition) is 1. The van der Waals surface area contributed by atoms with Crippen LogP contribution in [0.4, 0.5) is 0 Å². The van der Waals surface area contributed by atoms with Gasteiger partial charge in [-0.05, 0) is 51.1 Å². The van der Waals surface area contributed by atoms with Gasteiger partial charge in [-0.2, -0.15) is 5.10 Å². The minimum Gasteiger partial charge on any atom is -0.330 e. The quantitative estimate of drug-likeness (QED) is 0.774. The van der Waals surface area contributed by atoms with Gasteiger partial charge >= 0.3 is 0 Å². The molecule has 1 aromatic heterocycles. The first-order chi connectivity index (χ1) is 6.72. The lowest BCUT2D eigenvalue weighted by Crippen LogP contribution is -2.23. The van der Waals surface area contributed by atoms with Gasteiger partial charge in [-0.25, -0.2) is 0 Å². The Balaban J connectivity index is 2.25. The van der Waals surface area contributed by atoms with Crippen LogP contribution < -0.4 is 5.73 Å². The maximum atomic E-state index is 5.70. The molecule has 0 saturated heterocycles. The zero-order valence-corrected chi connectivity index (χ0v) is 9.03. The Morgan fingerprint density at radius 1 is 1.64 bits per heavy atom.